The zero-order chi connectivity index (χ0) is 12.1. The molecular weight excluding hydrogens is 361 g/mol. The van der Waals surface area contributed by atoms with Crippen molar-refractivity contribution in [2.24, 2.45) is 4.99 Å². The molecular formula is C13H19ClIN3. The summed E-state index contributed by atoms with van der Waals surface area (Å²) in [6.07, 6.45) is 2.51. The lowest BCUT2D eigenvalue weighted by Crippen LogP contribution is -2.38. The van der Waals surface area contributed by atoms with Gasteiger partial charge in [0.15, 0.2) is 5.96 Å². The quantitative estimate of drug-likeness (QED) is 0.479. The van der Waals surface area contributed by atoms with E-state index in [0.29, 0.717) is 12.6 Å². The van der Waals surface area contributed by atoms with Gasteiger partial charge in [0.1, 0.15) is 0 Å². The van der Waals surface area contributed by atoms with Crippen molar-refractivity contribution in [2.75, 3.05) is 6.54 Å². The zero-order valence-corrected chi connectivity index (χ0v) is 13.5. The van der Waals surface area contributed by atoms with Gasteiger partial charge in [0.05, 0.1) is 6.54 Å². The van der Waals surface area contributed by atoms with Crippen LogP contribution in [0.2, 0.25) is 5.02 Å². The third-order valence-electron chi connectivity index (χ3n) is 2.60. The third-order valence-corrected chi connectivity index (χ3v) is 2.85. The topological polar surface area (TPSA) is 36.4 Å². The SMILES string of the molecule is CCNC(=NCc1ccc(Cl)cc1)NC1CC1.I. The fourth-order valence-electron chi connectivity index (χ4n) is 1.50. The van der Waals surface area contributed by atoms with Crippen LogP contribution in [0.25, 0.3) is 0 Å². The average Bonchev–Trinajstić information content (AvgIpc) is 3.12. The Kier molecular flexibility index (Phi) is 6.78. The lowest BCUT2D eigenvalue weighted by atomic mass is 10.2. The van der Waals surface area contributed by atoms with E-state index in [-0.39, 0.29) is 24.0 Å². The van der Waals surface area contributed by atoms with E-state index < -0.39 is 0 Å². The number of aliphatic imine (C=N–C) groups is 1. The molecule has 0 saturated heterocycles. The maximum Gasteiger partial charge on any atom is 0.191 e. The average molecular weight is 380 g/mol. The Morgan fingerprint density at radius 1 is 1.33 bits per heavy atom. The molecule has 18 heavy (non-hydrogen) atoms. The van der Waals surface area contributed by atoms with Gasteiger partial charge in [0.2, 0.25) is 0 Å². The van der Waals surface area contributed by atoms with E-state index in [1.807, 2.05) is 24.3 Å². The number of hydrogen-bond acceptors (Lipinski definition) is 1. The monoisotopic (exact) mass is 379 g/mol. The molecule has 1 aliphatic carbocycles. The fraction of sp³-hybridized carbons (Fsp3) is 0.462. The van der Waals surface area contributed by atoms with Gasteiger partial charge in [0, 0.05) is 17.6 Å². The van der Waals surface area contributed by atoms with Crippen LogP contribution in [0.4, 0.5) is 0 Å². The van der Waals surface area contributed by atoms with Crippen LogP contribution in [0.1, 0.15) is 25.3 Å². The highest BCUT2D eigenvalue weighted by Crippen LogP contribution is 2.18. The highest BCUT2D eigenvalue weighted by molar-refractivity contribution is 14.0. The molecule has 0 atom stereocenters. The van der Waals surface area contributed by atoms with Crippen LogP contribution < -0.4 is 10.6 Å². The molecule has 2 rings (SSSR count). The highest BCUT2D eigenvalue weighted by Gasteiger charge is 2.21. The van der Waals surface area contributed by atoms with Crippen molar-refractivity contribution in [1.29, 1.82) is 0 Å². The van der Waals surface area contributed by atoms with E-state index in [1.54, 1.807) is 0 Å². The molecule has 0 spiro atoms. The Morgan fingerprint density at radius 2 is 2.00 bits per heavy atom. The first-order valence-corrected chi connectivity index (χ1v) is 6.45. The summed E-state index contributed by atoms with van der Waals surface area (Å²) in [7, 11) is 0. The molecule has 0 aromatic heterocycles. The van der Waals surface area contributed by atoms with Crippen molar-refractivity contribution >= 4 is 41.5 Å². The van der Waals surface area contributed by atoms with Gasteiger partial charge in [-0.3, -0.25) is 0 Å². The molecule has 0 radical (unpaired) electrons. The Balaban J connectivity index is 0.00000162. The van der Waals surface area contributed by atoms with Gasteiger partial charge in [0.25, 0.3) is 0 Å². The number of nitrogens with zero attached hydrogens (tertiary/aromatic N) is 1. The van der Waals surface area contributed by atoms with Crippen LogP contribution in [-0.4, -0.2) is 18.5 Å². The third kappa shape index (κ3) is 5.44. The molecule has 0 amide bonds. The molecule has 0 bridgehead atoms. The molecule has 100 valence electrons. The largest absolute Gasteiger partial charge is 0.357 e. The van der Waals surface area contributed by atoms with E-state index in [0.717, 1.165) is 17.5 Å². The summed E-state index contributed by atoms with van der Waals surface area (Å²) in [6.45, 7) is 3.64. The smallest absolute Gasteiger partial charge is 0.191 e. The number of benzene rings is 1. The molecule has 1 aromatic rings. The summed E-state index contributed by atoms with van der Waals surface area (Å²) in [5.74, 6) is 0.907. The van der Waals surface area contributed by atoms with Crippen molar-refractivity contribution in [3.05, 3.63) is 34.9 Å². The molecule has 1 fully saturated rings. The number of guanidine groups is 1. The van der Waals surface area contributed by atoms with Crippen molar-refractivity contribution in [3.63, 3.8) is 0 Å². The van der Waals surface area contributed by atoms with Crippen LogP contribution in [-0.2, 0) is 6.54 Å². The summed E-state index contributed by atoms with van der Waals surface area (Å²) in [6, 6.07) is 8.43. The molecule has 1 aromatic carbocycles. The Labute approximate surface area is 130 Å². The second-order valence-corrected chi connectivity index (χ2v) is 4.68. The minimum absolute atomic E-state index is 0. The van der Waals surface area contributed by atoms with E-state index in [2.05, 4.69) is 22.5 Å². The van der Waals surface area contributed by atoms with Crippen LogP contribution in [0, 0.1) is 0 Å². The van der Waals surface area contributed by atoms with E-state index in [9.17, 15) is 0 Å². The van der Waals surface area contributed by atoms with E-state index >= 15 is 0 Å². The van der Waals surface area contributed by atoms with Gasteiger partial charge in [-0.25, -0.2) is 4.99 Å². The maximum absolute atomic E-state index is 5.84. The molecule has 1 aliphatic rings. The van der Waals surface area contributed by atoms with Crippen molar-refractivity contribution in [1.82, 2.24) is 10.6 Å². The zero-order valence-electron chi connectivity index (χ0n) is 10.4. The second kappa shape index (κ2) is 7.84. The van der Waals surface area contributed by atoms with Gasteiger partial charge in [-0.2, -0.15) is 0 Å². The first kappa shape index (κ1) is 15.6. The Hall–Kier alpha value is -0.490. The first-order valence-electron chi connectivity index (χ1n) is 6.07. The number of halogens is 2. The van der Waals surface area contributed by atoms with Gasteiger partial charge in [-0.15, -0.1) is 24.0 Å². The summed E-state index contributed by atoms with van der Waals surface area (Å²) in [4.78, 5) is 4.54. The lowest BCUT2D eigenvalue weighted by Gasteiger charge is -2.10. The Morgan fingerprint density at radius 3 is 2.56 bits per heavy atom. The molecule has 0 unspecified atom stereocenters. The van der Waals surface area contributed by atoms with Crippen LogP contribution >= 0.6 is 35.6 Å². The van der Waals surface area contributed by atoms with Gasteiger partial charge in [-0.05, 0) is 37.5 Å². The maximum atomic E-state index is 5.84. The number of nitrogens with one attached hydrogen (secondary N) is 2. The predicted molar refractivity (Wildman–Crippen MR) is 87.8 cm³/mol. The summed E-state index contributed by atoms with van der Waals surface area (Å²) >= 11 is 5.84. The van der Waals surface area contributed by atoms with Gasteiger partial charge in [-0.1, -0.05) is 23.7 Å². The van der Waals surface area contributed by atoms with Gasteiger partial charge >= 0.3 is 0 Å². The lowest BCUT2D eigenvalue weighted by molar-refractivity contribution is 0.812. The molecule has 2 N–H and O–H groups in total. The predicted octanol–water partition coefficient (Wildman–Crippen LogP) is 3.18. The standard InChI is InChI=1S/C13H18ClN3.HI/c1-2-15-13(17-12-7-8-12)16-9-10-3-5-11(14)6-4-10;/h3-6,12H,2,7-9H2,1H3,(H2,15,16,17);1H. The van der Waals surface area contributed by atoms with Crippen molar-refractivity contribution < 1.29 is 0 Å². The second-order valence-electron chi connectivity index (χ2n) is 4.24. The van der Waals surface area contributed by atoms with Crippen LogP contribution in [0.5, 0.6) is 0 Å². The highest BCUT2D eigenvalue weighted by atomic mass is 127. The molecule has 5 heteroatoms. The molecule has 1 saturated carbocycles. The van der Waals surface area contributed by atoms with Crippen molar-refractivity contribution in [3.8, 4) is 0 Å². The molecule has 3 nitrogen and oxygen atoms in total. The number of hydrogen-bond donors (Lipinski definition) is 2. The normalized spacial score (nSPS) is 14.9. The van der Waals surface area contributed by atoms with E-state index in [1.165, 1.54) is 18.4 Å². The van der Waals surface area contributed by atoms with Crippen molar-refractivity contribution in [2.45, 2.75) is 32.4 Å². The van der Waals surface area contributed by atoms with Gasteiger partial charge < -0.3 is 10.6 Å². The number of rotatable bonds is 4. The minimum atomic E-state index is 0. The van der Waals surface area contributed by atoms with Crippen LogP contribution in [0.15, 0.2) is 29.3 Å². The van der Waals surface area contributed by atoms with E-state index in [4.69, 9.17) is 11.6 Å². The Bertz CT molecular complexity index is 388. The first-order chi connectivity index (χ1) is 8.28. The van der Waals surface area contributed by atoms with Crippen LogP contribution in [0.3, 0.4) is 0 Å². The summed E-state index contributed by atoms with van der Waals surface area (Å²) < 4.78 is 0. The summed E-state index contributed by atoms with van der Waals surface area (Å²) in [5.41, 5.74) is 1.17. The molecule has 0 aliphatic heterocycles. The minimum Gasteiger partial charge on any atom is -0.357 e. The summed E-state index contributed by atoms with van der Waals surface area (Å²) in [5, 5.41) is 7.40. The molecule has 0 heterocycles. The fourth-order valence-corrected chi connectivity index (χ4v) is 1.63.